The summed E-state index contributed by atoms with van der Waals surface area (Å²) in [4.78, 5) is 14.9. The summed E-state index contributed by atoms with van der Waals surface area (Å²) < 4.78 is 0. The van der Waals surface area contributed by atoms with E-state index >= 15 is 0 Å². The van der Waals surface area contributed by atoms with Crippen LogP contribution in [0.4, 0.5) is 0 Å². The quantitative estimate of drug-likeness (QED) is 0.614. The van der Waals surface area contributed by atoms with Gasteiger partial charge in [0.2, 0.25) is 0 Å². The molecule has 0 aromatic carbocycles. The summed E-state index contributed by atoms with van der Waals surface area (Å²) in [5.41, 5.74) is 6.61. The third-order valence-corrected chi connectivity index (χ3v) is 2.80. The summed E-state index contributed by atoms with van der Waals surface area (Å²) in [6, 6.07) is -0.970. The Balaban J connectivity index is 2.72. The van der Waals surface area contributed by atoms with Crippen LogP contribution in [0, 0.1) is 5.92 Å². The highest BCUT2D eigenvalue weighted by Crippen LogP contribution is 2.17. The van der Waals surface area contributed by atoms with Crippen molar-refractivity contribution in [2.45, 2.75) is 38.3 Å². The van der Waals surface area contributed by atoms with E-state index in [0.29, 0.717) is 6.42 Å². The van der Waals surface area contributed by atoms with Crippen molar-refractivity contribution in [3.63, 3.8) is 0 Å². The molecule has 3 unspecified atom stereocenters. The van der Waals surface area contributed by atoms with Crippen LogP contribution >= 0.6 is 0 Å². The average molecular weight is 214 g/mol. The second kappa shape index (κ2) is 5.23. The van der Waals surface area contributed by atoms with E-state index in [4.69, 9.17) is 15.9 Å². The van der Waals surface area contributed by atoms with Gasteiger partial charge in [-0.3, -0.25) is 4.99 Å². The lowest BCUT2D eigenvalue weighted by atomic mass is 9.92. The van der Waals surface area contributed by atoms with E-state index in [-0.39, 0.29) is 18.6 Å². The normalized spacial score (nSPS) is 25.5. The fraction of sp³-hybridized carbons (Fsp3) is 0.800. The molecule has 0 fully saturated rings. The van der Waals surface area contributed by atoms with Crippen molar-refractivity contribution >= 4 is 11.7 Å². The number of aliphatic hydroxyl groups excluding tert-OH is 1. The Hall–Kier alpha value is -0.940. The average Bonchev–Trinajstić information content (AvgIpc) is 2.27. The number of aliphatic hydroxyl groups is 1. The molecule has 0 saturated heterocycles. The van der Waals surface area contributed by atoms with Crippen molar-refractivity contribution in [1.82, 2.24) is 0 Å². The molecular formula is C10H18N2O3. The zero-order chi connectivity index (χ0) is 11.4. The van der Waals surface area contributed by atoms with Crippen LogP contribution < -0.4 is 5.73 Å². The van der Waals surface area contributed by atoms with Gasteiger partial charge in [-0.15, -0.1) is 0 Å². The highest BCUT2D eigenvalue weighted by molar-refractivity contribution is 5.92. The standard InChI is InChI=1S/C10H18N2O3/c1-6(5-13)9(11)7-3-2-4-8(12-7)10(14)15/h6,8-9,13H,2-5,11H2,1H3,(H,14,15). The Morgan fingerprint density at radius 3 is 2.93 bits per heavy atom. The number of rotatable bonds is 4. The molecule has 1 heterocycles. The van der Waals surface area contributed by atoms with E-state index in [2.05, 4.69) is 4.99 Å². The zero-order valence-electron chi connectivity index (χ0n) is 8.89. The molecule has 4 N–H and O–H groups in total. The van der Waals surface area contributed by atoms with Gasteiger partial charge < -0.3 is 15.9 Å². The van der Waals surface area contributed by atoms with E-state index in [9.17, 15) is 4.79 Å². The Bertz CT molecular complexity index is 265. The summed E-state index contributed by atoms with van der Waals surface area (Å²) in [6.07, 6.45) is 2.13. The molecule has 0 aromatic heterocycles. The lowest BCUT2D eigenvalue weighted by Gasteiger charge is -2.24. The van der Waals surface area contributed by atoms with Gasteiger partial charge in [0.1, 0.15) is 6.04 Å². The van der Waals surface area contributed by atoms with Gasteiger partial charge in [0, 0.05) is 18.4 Å². The van der Waals surface area contributed by atoms with Crippen molar-refractivity contribution in [3.05, 3.63) is 0 Å². The van der Waals surface area contributed by atoms with Crippen LogP contribution in [0.15, 0.2) is 4.99 Å². The van der Waals surface area contributed by atoms with Crippen LogP contribution in [0.3, 0.4) is 0 Å². The first kappa shape index (κ1) is 12.1. The van der Waals surface area contributed by atoms with Gasteiger partial charge in [0.05, 0.1) is 0 Å². The van der Waals surface area contributed by atoms with Gasteiger partial charge in [-0.05, 0) is 25.2 Å². The fourth-order valence-corrected chi connectivity index (χ4v) is 1.68. The van der Waals surface area contributed by atoms with Crippen molar-refractivity contribution in [2.75, 3.05) is 6.61 Å². The van der Waals surface area contributed by atoms with Crippen LogP contribution in [0.2, 0.25) is 0 Å². The van der Waals surface area contributed by atoms with Gasteiger partial charge in [0.15, 0.2) is 0 Å². The molecule has 1 aliphatic heterocycles. The van der Waals surface area contributed by atoms with E-state index < -0.39 is 12.0 Å². The SMILES string of the molecule is CC(CO)C(N)C1=NC(C(=O)O)CCC1. The molecule has 0 radical (unpaired) electrons. The summed E-state index contributed by atoms with van der Waals surface area (Å²) >= 11 is 0. The Morgan fingerprint density at radius 1 is 1.73 bits per heavy atom. The van der Waals surface area contributed by atoms with Gasteiger partial charge in [-0.2, -0.15) is 0 Å². The maximum absolute atomic E-state index is 10.8. The van der Waals surface area contributed by atoms with Crippen LogP contribution in [-0.4, -0.2) is 40.6 Å². The molecule has 86 valence electrons. The molecule has 0 bridgehead atoms. The minimum atomic E-state index is -0.893. The predicted octanol–water partition coefficient (Wildman–Crippen LogP) is 0.0202. The summed E-state index contributed by atoms with van der Waals surface area (Å²) in [7, 11) is 0. The van der Waals surface area contributed by atoms with Crippen LogP contribution in [0.25, 0.3) is 0 Å². The smallest absolute Gasteiger partial charge is 0.328 e. The highest BCUT2D eigenvalue weighted by Gasteiger charge is 2.26. The first-order chi connectivity index (χ1) is 7.06. The van der Waals surface area contributed by atoms with E-state index in [1.54, 1.807) is 0 Å². The number of hydrogen-bond acceptors (Lipinski definition) is 4. The maximum Gasteiger partial charge on any atom is 0.328 e. The second-order valence-electron chi connectivity index (χ2n) is 4.05. The van der Waals surface area contributed by atoms with E-state index in [1.165, 1.54) is 0 Å². The number of aliphatic imine (C=N–C) groups is 1. The maximum atomic E-state index is 10.8. The Kier molecular flexibility index (Phi) is 4.23. The minimum Gasteiger partial charge on any atom is -0.480 e. The predicted molar refractivity (Wildman–Crippen MR) is 56.9 cm³/mol. The molecule has 5 heteroatoms. The van der Waals surface area contributed by atoms with E-state index in [0.717, 1.165) is 18.6 Å². The molecule has 1 aliphatic rings. The van der Waals surface area contributed by atoms with Crippen molar-refractivity contribution in [1.29, 1.82) is 0 Å². The topological polar surface area (TPSA) is 95.9 Å². The molecular weight excluding hydrogens is 196 g/mol. The Labute approximate surface area is 89.0 Å². The Morgan fingerprint density at radius 2 is 2.40 bits per heavy atom. The zero-order valence-corrected chi connectivity index (χ0v) is 8.89. The molecule has 3 atom stereocenters. The summed E-state index contributed by atoms with van der Waals surface area (Å²) in [5, 5.41) is 17.8. The van der Waals surface area contributed by atoms with Crippen molar-refractivity contribution in [3.8, 4) is 0 Å². The number of carboxylic acids is 1. The largest absolute Gasteiger partial charge is 0.480 e. The summed E-state index contributed by atoms with van der Waals surface area (Å²) in [5.74, 6) is -0.965. The molecule has 5 nitrogen and oxygen atoms in total. The van der Waals surface area contributed by atoms with Crippen molar-refractivity contribution in [2.24, 2.45) is 16.6 Å². The van der Waals surface area contributed by atoms with Crippen molar-refractivity contribution < 1.29 is 15.0 Å². The monoisotopic (exact) mass is 214 g/mol. The van der Waals surface area contributed by atoms with E-state index in [1.807, 2.05) is 6.92 Å². The number of carbonyl (C=O) groups is 1. The third kappa shape index (κ3) is 3.00. The molecule has 0 saturated carbocycles. The first-order valence-electron chi connectivity index (χ1n) is 5.22. The lowest BCUT2D eigenvalue weighted by Crippen LogP contribution is -2.41. The molecule has 0 spiro atoms. The highest BCUT2D eigenvalue weighted by atomic mass is 16.4. The number of hydrogen-bond donors (Lipinski definition) is 3. The third-order valence-electron chi connectivity index (χ3n) is 2.80. The van der Waals surface area contributed by atoms with Gasteiger partial charge in [-0.1, -0.05) is 6.92 Å². The minimum absolute atomic E-state index is 0.00206. The second-order valence-corrected chi connectivity index (χ2v) is 4.05. The number of nitrogens with two attached hydrogens (primary N) is 1. The lowest BCUT2D eigenvalue weighted by molar-refractivity contribution is -0.138. The molecule has 0 amide bonds. The van der Waals surface area contributed by atoms with Crippen LogP contribution in [-0.2, 0) is 4.79 Å². The molecule has 0 aliphatic carbocycles. The fourth-order valence-electron chi connectivity index (χ4n) is 1.68. The molecule has 1 rings (SSSR count). The first-order valence-corrected chi connectivity index (χ1v) is 5.22. The number of carboxylic acid groups (broad SMARTS) is 1. The van der Waals surface area contributed by atoms with Gasteiger partial charge >= 0.3 is 5.97 Å². The van der Waals surface area contributed by atoms with Crippen LogP contribution in [0.1, 0.15) is 26.2 Å². The molecule has 0 aromatic rings. The van der Waals surface area contributed by atoms with Crippen LogP contribution in [0.5, 0.6) is 0 Å². The number of aliphatic carboxylic acids is 1. The van der Waals surface area contributed by atoms with Gasteiger partial charge in [-0.25, -0.2) is 4.79 Å². The molecule has 15 heavy (non-hydrogen) atoms. The summed E-state index contributed by atoms with van der Waals surface area (Å²) in [6.45, 7) is 1.83. The number of nitrogens with zero attached hydrogens (tertiary/aromatic N) is 1. The van der Waals surface area contributed by atoms with Gasteiger partial charge in [0.25, 0.3) is 0 Å².